The molecule has 0 heterocycles. The molecule has 0 spiro atoms. The van der Waals surface area contributed by atoms with Crippen LogP contribution in [0.1, 0.15) is 72.5 Å². The van der Waals surface area contributed by atoms with Crippen molar-refractivity contribution >= 4 is 15.9 Å². The lowest BCUT2D eigenvalue weighted by atomic mass is 10.1. The molecule has 0 fully saturated rings. The van der Waals surface area contributed by atoms with Crippen LogP contribution in [0.15, 0.2) is 0 Å². The molecule has 0 amide bonds. The standard InChI is InChI=1S/C12H25Br/c1-2-3-4-5-6-7-8-9-10-11-12-13/h2-12H2,1H3/i7D. The molecule has 0 aromatic carbocycles. The Kier molecular flexibility index (Phi) is 11.1. The molecule has 13 heavy (non-hydrogen) atoms. The highest BCUT2D eigenvalue weighted by atomic mass is 79.9. The van der Waals surface area contributed by atoms with Crippen LogP contribution < -0.4 is 0 Å². The molecule has 0 nitrogen and oxygen atoms in total. The van der Waals surface area contributed by atoms with Crippen LogP contribution in [0.2, 0.25) is 0 Å². The Morgan fingerprint density at radius 3 is 1.92 bits per heavy atom. The highest BCUT2D eigenvalue weighted by Crippen LogP contribution is 2.10. The van der Waals surface area contributed by atoms with Crippen molar-refractivity contribution in [1.82, 2.24) is 0 Å². The molecule has 80 valence electrons. The summed E-state index contributed by atoms with van der Waals surface area (Å²) < 4.78 is 7.83. The second-order valence-electron chi connectivity index (χ2n) is 3.68. The van der Waals surface area contributed by atoms with E-state index in [2.05, 4.69) is 22.9 Å². The van der Waals surface area contributed by atoms with Gasteiger partial charge in [0.1, 0.15) is 0 Å². The summed E-state index contributed by atoms with van der Waals surface area (Å²) in [4.78, 5) is 0. The lowest BCUT2D eigenvalue weighted by Gasteiger charge is -2.00. The van der Waals surface area contributed by atoms with Gasteiger partial charge in [-0.3, -0.25) is 0 Å². The molecular weight excluding hydrogens is 224 g/mol. The fourth-order valence-electron chi connectivity index (χ4n) is 1.42. The minimum atomic E-state index is 0.210. The molecule has 0 aliphatic carbocycles. The summed E-state index contributed by atoms with van der Waals surface area (Å²) in [6.07, 6.45) is 11.5. The van der Waals surface area contributed by atoms with Crippen molar-refractivity contribution in [3.05, 3.63) is 0 Å². The number of halogens is 1. The quantitative estimate of drug-likeness (QED) is 0.364. The Hall–Kier alpha value is 0.480. The Balaban J connectivity index is 3.07. The van der Waals surface area contributed by atoms with E-state index in [1.807, 2.05) is 0 Å². The van der Waals surface area contributed by atoms with Crippen LogP contribution in [0, 0.1) is 0 Å². The van der Waals surface area contributed by atoms with E-state index in [9.17, 15) is 0 Å². The summed E-state index contributed by atoms with van der Waals surface area (Å²) in [5.74, 6) is 0. The molecular formula is C12H25Br. The second-order valence-corrected chi connectivity index (χ2v) is 4.47. The maximum absolute atomic E-state index is 7.83. The van der Waals surface area contributed by atoms with Gasteiger partial charge in [0.05, 0.1) is 0 Å². The van der Waals surface area contributed by atoms with Crippen molar-refractivity contribution in [3.63, 3.8) is 0 Å². The van der Waals surface area contributed by atoms with Gasteiger partial charge in [0.2, 0.25) is 0 Å². The summed E-state index contributed by atoms with van der Waals surface area (Å²) in [5.41, 5.74) is 0. The Morgan fingerprint density at radius 2 is 1.38 bits per heavy atom. The first-order valence-electron chi connectivity index (χ1n) is 6.37. The Labute approximate surface area is 94.0 Å². The van der Waals surface area contributed by atoms with Crippen LogP contribution in [-0.2, 0) is 0 Å². The molecule has 0 bridgehead atoms. The number of hydrogen-bond donors (Lipinski definition) is 0. The van der Waals surface area contributed by atoms with Crippen molar-refractivity contribution in [2.75, 3.05) is 5.33 Å². The first-order valence-corrected chi connectivity index (χ1v) is 6.91. The molecule has 0 N–H and O–H groups in total. The van der Waals surface area contributed by atoms with Gasteiger partial charge in [0.15, 0.2) is 0 Å². The number of unbranched alkanes of at least 4 members (excludes halogenated alkanes) is 5. The third kappa shape index (κ3) is 12.5. The maximum atomic E-state index is 7.83. The zero-order valence-corrected chi connectivity index (χ0v) is 10.6. The fraction of sp³-hybridized carbons (Fsp3) is 1.00. The highest BCUT2D eigenvalue weighted by molar-refractivity contribution is 9.09. The molecule has 0 radical (unpaired) electrons. The van der Waals surface area contributed by atoms with Gasteiger partial charge in [-0.1, -0.05) is 80.6 Å². The SMILES string of the molecule is [2H]C(CCCCCC)CCCCCBr. The topological polar surface area (TPSA) is 0 Å². The normalized spacial score (nSPS) is 14.2. The predicted molar refractivity (Wildman–Crippen MR) is 65.6 cm³/mol. The third-order valence-corrected chi connectivity index (χ3v) is 2.86. The van der Waals surface area contributed by atoms with E-state index in [4.69, 9.17) is 1.37 Å². The van der Waals surface area contributed by atoms with Gasteiger partial charge >= 0.3 is 0 Å². The Morgan fingerprint density at radius 1 is 0.846 bits per heavy atom. The van der Waals surface area contributed by atoms with Gasteiger partial charge in [0, 0.05) is 6.70 Å². The van der Waals surface area contributed by atoms with Gasteiger partial charge in [0.25, 0.3) is 0 Å². The van der Waals surface area contributed by atoms with Gasteiger partial charge in [-0.05, 0) is 6.42 Å². The minimum Gasteiger partial charge on any atom is -0.0928 e. The van der Waals surface area contributed by atoms with Crippen LogP contribution in [0.25, 0.3) is 0 Å². The minimum absolute atomic E-state index is 0.210. The van der Waals surface area contributed by atoms with Gasteiger partial charge < -0.3 is 0 Å². The molecule has 0 saturated carbocycles. The summed E-state index contributed by atoms with van der Waals surface area (Å²) >= 11 is 3.43. The lowest BCUT2D eigenvalue weighted by Crippen LogP contribution is -1.81. The van der Waals surface area contributed by atoms with Crippen LogP contribution in [0.3, 0.4) is 0 Å². The molecule has 0 aromatic rings. The molecule has 1 atom stereocenters. The first-order chi connectivity index (χ1) is 6.81. The smallest absolute Gasteiger partial charge is 0.0267 e. The lowest BCUT2D eigenvalue weighted by molar-refractivity contribution is 0.563. The van der Waals surface area contributed by atoms with E-state index in [1.165, 1.54) is 44.9 Å². The van der Waals surface area contributed by atoms with Gasteiger partial charge in [-0.15, -0.1) is 0 Å². The summed E-state index contributed by atoms with van der Waals surface area (Å²) in [7, 11) is 0. The van der Waals surface area contributed by atoms with Crippen LogP contribution >= 0.6 is 15.9 Å². The average Bonchev–Trinajstić information content (AvgIpc) is 2.19. The summed E-state index contributed by atoms with van der Waals surface area (Å²) in [6.45, 7) is 2.23. The van der Waals surface area contributed by atoms with E-state index in [0.29, 0.717) is 0 Å². The summed E-state index contributed by atoms with van der Waals surface area (Å²) in [6, 6.07) is 0. The van der Waals surface area contributed by atoms with Crippen LogP contribution in [0.4, 0.5) is 0 Å². The molecule has 0 aliphatic rings. The van der Waals surface area contributed by atoms with Crippen molar-refractivity contribution in [2.24, 2.45) is 0 Å². The monoisotopic (exact) mass is 249 g/mol. The molecule has 1 heteroatoms. The number of alkyl halides is 1. The van der Waals surface area contributed by atoms with Crippen LogP contribution in [-0.4, -0.2) is 5.33 Å². The zero-order chi connectivity index (χ0) is 10.6. The van der Waals surface area contributed by atoms with Gasteiger partial charge in [-0.2, -0.15) is 0 Å². The molecule has 0 saturated heterocycles. The van der Waals surface area contributed by atoms with E-state index >= 15 is 0 Å². The Bertz CT molecular complexity index is 94.5. The van der Waals surface area contributed by atoms with Crippen molar-refractivity contribution in [3.8, 4) is 0 Å². The van der Waals surface area contributed by atoms with Crippen molar-refractivity contribution in [2.45, 2.75) is 71.1 Å². The molecule has 1 unspecified atom stereocenters. The molecule has 0 aliphatic heterocycles. The maximum Gasteiger partial charge on any atom is 0.0267 e. The fourth-order valence-corrected chi connectivity index (χ4v) is 1.82. The first kappa shape index (κ1) is 11.6. The zero-order valence-electron chi connectivity index (χ0n) is 10.0. The van der Waals surface area contributed by atoms with Crippen LogP contribution in [0.5, 0.6) is 0 Å². The highest BCUT2D eigenvalue weighted by Gasteiger charge is 1.91. The van der Waals surface area contributed by atoms with E-state index in [1.54, 1.807) is 0 Å². The number of hydrogen-bond acceptors (Lipinski definition) is 0. The van der Waals surface area contributed by atoms with E-state index < -0.39 is 0 Å². The predicted octanol–water partition coefficient (Wildman–Crippen LogP) is 5.30. The molecule has 0 aromatic heterocycles. The van der Waals surface area contributed by atoms with E-state index in [-0.39, 0.29) is 6.40 Å². The van der Waals surface area contributed by atoms with Crippen molar-refractivity contribution in [1.29, 1.82) is 0 Å². The largest absolute Gasteiger partial charge is 0.0928 e. The van der Waals surface area contributed by atoms with E-state index in [0.717, 1.165) is 18.2 Å². The summed E-state index contributed by atoms with van der Waals surface area (Å²) in [5, 5.41) is 1.12. The van der Waals surface area contributed by atoms with Gasteiger partial charge in [-0.25, -0.2) is 0 Å². The third-order valence-electron chi connectivity index (χ3n) is 2.30. The average molecular weight is 250 g/mol. The second kappa shape index (κ2) is 12.5. The van der Waals surface area contributed by atoms with Crippen molar-refractivity contribution < 1.29 is 1.37 Å². The number of rotatable bonds is 10. The molecule has 0 rings (SSSR count).